The van der Waals surface area contributed by atoms with Gasteiger partial charge in [-0.25, -0.2) is 0 Å². The minimum absolute atomic E-state index is 0.0417. The maximum atomic E-state index is 12.0. The van der Waals surface area contributed by atoms with Crippen molar-refractivity contribution in [1.29, 1.82) is 0 Å². The van der Waals surface area contributed by atoms with Crippen LogP contribution in [0, 0.1) is 0 Å². The molecule has 1 aliphatic heterocycles. The highest BCUT2D eigenvalue weighted by Crippen LogP contribution is 2.15. The molecular weight excluding hydrogens is 292 g/mol. The molecule has 0 atom stereocenters. The van der Waals surface area contributed by atoms with E-state index in [0.29, 0.717) is 19.6 Å². The number of para-hydroxylation sites is 1. The molecule has 0 saturated carbocycles. The van der Waals surface area contributed by atoms with Crippen LogP contribution < -0.4 is 10.1 Å². The van der Waals surface area contributed by atoms with E-state index in [1.54, 1.807) is 0 Å². The van der Waals surface area contributed by atoms with Gasteiger partial charge < -0.3 is 14.8 Å². The third kappa shape index (κ3) is 6.20. The van der Waals surface area contributed by atoms with E-state index in [2.05, 4.69) is 24.1 Å². The van der Waals surface area contributed by atoms with Gasteiger partial charge in [0.25, 0.3) is 0 Å². The number of benzene rings is 1. The maximum absolute atomic E-state index is 12.0. The number of morpholine rings is 1. The monoisotopic (exact) mass is 320 g/mol. The van der Waals surface area contributed by atoms with Crippen LogP contribution in [0.25, 0.3) is 0 Å². The van der Waals surface area contributed by atoms with Crippen molar-refractivity contribution in [2.45, 2.75) is 32.2 Å². The van der Waals surface area contributed by atoms with Gasteiger partial charge in [-0.2, -0.15) is 0 Å². The minimum atomic E-state index is -0.0417. The van der Waals surface area contributed by atoms with Gasteiger partial charge in [0.1, 0.15) is 5.75 Å². The zero-order chi connectivity index (χ0) is 16.5. The van der Waals surface area contributed by atoms with Crippen molar-refractivity contribution in [3.8, 4) is 5.75 Å². The van der Waals surface area contributed by atoms with Crippen molar-refractivity contribution in [1.82, 2.24) is 10.2 Å². The lowest BCUT2D eigenvalue weighted by molar-refractivity contribution is -0.122. The largest absolute Gasteiger partial charge is 0.494 e. The van der Waals surface area contributed by atoms with Gasteiger partial charge in [0.2, 0.25) is 5.91 Å². The Morgan fingerprint density at radius 2 is 1.96 bits per heavy atom. The number of nitrogens with zero attached hydrogens (tertiary/aromatic N) is 1. The molecule has 0 radical (unpaired) electrons. The molecule has 128 valence electrons. The number of amides is 1. The molecule has 0 unspecified atom stereocenters. The average Bonchev–Trinajstić information content (AvgIpc) is 2.59. The Balaban J connectivity index is 1.60. The van der Waals surface area contributed by atoms with Gasteiger partial charge in [-0.3, -0.25) is 9.69 Å². The fourth-order valence-corrected chi connectivity index (χ4v) is 2.62. The lowest BCUT2D eigenvalue weighted by atomic mass is 10.0. The highest BCUT2D eigenvalue weighted by atomic mass is 16.5. The third-order valence-corrected chi connectivity index (χ3v) is 4.15. The van der Waals surface area contributed by atoms with Crippen LogP contribution in [0.5, 0.6) is 5.75 Å². The molecule has 1 aromatic rings. The van der Waals surface area contributed by atoms with E-state index in [0.717, 1.165) is 38.5 Å². The summed E-state index contributed by atoms with van der Waals surface area (Å²) in [6, 6.07) is 9.68. The molecule has 0 aliphatic carbocycles. The van der Waals surface area contributed by atoms with Gasteiger partial charge in [0, 0.05) is 31.6 Å². The predicted octanol–water partition coefficient (Wildman–Crippen LogP) is 2.07. The van der Waals surface area contributed by atoms with Gasteiger partial charge in [-0.1, -0.05) is 18.2 Å². The van der Waals surface area contributed by atoms with Crippen molar-refractivity contribution in [3.63, 3.8) is 0 Å². The summed E-state index contributed by atoms with van der Waals surface area (Å²) in [6.07, 6.45) is 1.21. The van der Waals surface area contributed by atoms with E-state index in [1.807, 2.05) is 30.3 Å². The van der Waals surface area contributed by atoms with E-state index in [9.17, 15) is 4.79 Å². The summed E-state index contributed by atoms with van der Waals surface area (Å²) in [7, 11) is 0. The quantitative estimate of drug-likeness (QED) is 0.745. The van der Waals surface area contributed by atoms with Gasteiger partial charge in [0.15, 0.2) is 0 Å². The second-order valence-corrected chi connectivity index (χ2v) is 6.45. The molecule has 5 heteroatoms. The number of ether oxygens (including phenoxy) is 2. The summed E-state index contributed by atoms with van der Waals surface area (Å²) in [5.41, 5.74) is -0.0417. The van der Waals surface area contributed by atoms with Crippen molar-refractivity contribution in [2.75, 3.05) is 39.5 Å². The fraction of sp³-hybridized carbons (Fsp3) is 0.611. The molecular formula is C18H28N2O3. The van der Waals surface area contributed by atoms with Gasteiger partial charge in [-0.05, 0) is 32.4 Å². The molecule has 0 bridgehead atoms. The average molecular weight is 320 g/mol. The smallest absolute Gasteiger partial charge is 0.220 e. The maximum Gasteiger partial charge on any atom is 0.220 e. The molecule has 5 nitrogen and oxygen atoms in total. The van der Waals surface area contributed by atoms with Crippen molar-refractivity contribution < 1.29 is 14.3 Å². The Hall–Kier alpha value is -1.59. The highest BCUT2D eigenvalue weighted by Gasteiger charge is 2.28. The van der Waals surface area contributed by atoms with Crippen molar-refractivity contribution in [2.24, 2.45) is 0 Å². The number of carbonyl (C=O) groups is 1. The molecule has 1 N–H and O–H groups in total. The first-order chi connectivity index (χ1) is 11.1. The first-order valence-electron chi connectivity index (χ1n) is 8.35. The molecule has 0 aromatic heterocycles. The third-order valence-electron chi connectivity index (χ3n) is 4.15. The molecule has 1 aromatic carbocycles. The van der Waals surface area contributed by atoms with Gasteiger partial charge in [-0.15, -0.1) is 0 Å². The second-order valence-electron chi connectivity index (χ2n) is 6.45. The van der Waals surface area contributed by atoms with Crippen LogP contribution in [-0.4, -0.2) is 55.8 Å². The summed E-state index contributed by atoms with van der Waals surface area (Å²) >= 11 is 0. The Morgan fingerprint density at radius 3 is 2.65 bits per heavy atom. The van der Waals surface area contributed by atoms with E-state index >= 15 is 0 Å². The molecule has 1 amide bonds. The summed E-state index contributed by atoms with van der Waals surface area (Å²) in [5, 5.41) is 3.04. The van der Waals surface area contributed by atoms with E-state index in [4.69, 9.17) is 9.47 Å². The molecule has 2 rings (SSSR count). The molecule has 1 saturated heterocycles. The second kappa shape index (κ2) is 8.89. The SMILES string of the molecule is CC(C)(CNC(=O)CCCOc1ccccc1)N1CCOCC1. The van der Waals surface area contributed by atoms with Crippen LogP contribution >= 0.6 is 0 Å². The summed E-state index contributed by atoms with van der Waals surface area (Å²) in [5.74, 6) is 0.935. The zero-order valence-corrected chi connectivity index (χ0v) is 14.2. The Labute approximate surface area is 139 Å². The number of hydrogen-bond donors (Lipinski definition) is 1. The minimum Gasteiger partial charge on any atom is -0.494 e. The lowest BCUT2D eigenvalue weighted by Gasteiger charge is -2.40. The first kappa shape index (κ1) is 17.8. The predicted molar refractivity (Wildman–Crippen MR) is 90.7 cm³/mol. The first-order valence-corrected chi connectivity index (χ1v) is 8.35. The van der Waals surface area contributed by atoms with Crippen LogP contribution in [0.1, 0.15) is 26.7 Å². The number of hydrogen-bond acceptors (Lipinski definition) is 4. The van der Waals surface area contributed by atoms with Crippen molar-refractivity contribution in [3.05, 3.63) is 30.3 Å². The Bertz CT molecular complexity index is 470. The van der Waals surface area contributed by atoms with Crippen LogP contribution in [0.4, 0.5) is 0 Å². The summed E-state index contributed by atoms with van der Waals surface area (Å²) < 4.78 is 11.0. The Kier molecular flexibility index (Phi) is 6.86. The molecule has 1 heterocycles. The van der Waals surface area contributed by atoms with E-state index in [1.165, 1.54) is 0 Å². The topological polar surface area (TPSA) is 50.8 Å². The van der Waals surface area contributed by atoms with Crippen molar-refractivity contribution >= 4 is 5.91 Å². The van der Waals surface area contributed by atoms with Crippen LogP contribution in [0.15, 0.2) is 30.3 Å². The summed E-state index contributed by atoms with van der Waals surface area (Å²) in [6.45, 7) is 8.94. The number of carbonyl (C=O) groups excluding carboxylic acids is 1. The van der Waals surface area contributed by atoms with E-state index in [-0.39, 0.29) is 11.4 Å². The number of nitrogens with one attached hydrogen (secondary N) is 1. The van der Waals surface area contributed by atoms with Gasteiger partial charge >= 0.3 is 0 Å². The molecule has 1 fully saturated rings. The highest BCUT2D eigenvalue weighted by molar-refractivity contribution is 5.75. The van der Waals surface area contributed by atoms with Crippen LogP contribution in [-0.2, 0) is 9.53 Å². The lowest BCUT2D eigenvalue weighted by Crippen LogP contribution is -2.55. The molecule has 1 aliphatic rings. The molecule has 0 spiro atoms. The summed E-state index contributed by atoms with van der Waals surface area (Å²) in [4.78, 5) is 14.3. The van der Waals surface area contributed by atoms with Crippen LogP contribution in [0.3, 0.4) is 0 Å². The van der Waals surface area contributed by atoms with E-state index < -0.39 is 0 Å². The normalized spacial score (nSPS) is 16.1. The van der Waals surface area contributed by atoms with Gasteiger partial charge in [0.05, 0.1) is 19.8 Å². The van der Waals surface area contributed by atoms with Crippen LogP contribution in [0.2, 0.25) is 0 Å². The fourth-order valence-electron chi connectivity index (χ4n) is 2.62. The number of rotatable bonds is 8. The Morgan fingerprint density at radius 1 is 1.26 bits per heavy atom. The standard InChI is InChI=1S/C18H28N2O3/c1-18(2,20-10-13-22-14-11-20)15-19-17(21)9-6-12-23-16-7-4-3-5-8-16/h3-5,7-8H,6,9-15H2,1-2H3,(H,19,21). The molecule has 23 heavy (non-hydrogen) atoms. The zero-order valence-electron chi connectivity index (χ0n) is 14.2.